The molecular weight excluding hydrogens is 118 g/mol. The number of hydrogen-bond acceptors (Lipinski definition) is 2. The van der Waals surface area contributed by atoms with Gasteiger partial charge >= 0.3 is 0 Å². The quantitative estimate of drug-likeness (QED) is 0.347. The molecule has 0 aromatic heterocycles. The fourth-order valence-electron chi connectivity index (χ4n) is 0.206. The zero-order chi connectivity index (χ0) is 4.41. The van der Waals surface area contributed by atoms with Gasteiger partial charge in [0.25, 0.3) is 0 Å². The Labute approximate surface area is 45.1 Å². The fourth-order valence-corrected chi connectivity index (χ4v) is 0.772. The monoisotopic (exact) mass is 119 g/mol. The van der Waals surface area contributed by atoms with E-state index in [2.05, 4.69) is 10.9 Å². The van der Waals surface area contributed by atoms with E-state index >= 15 is 0 Å². The second kappa shape index (κ2) is 1.69. The zero-order valence-corrected chi connectivity index (χ0v) is 4.46. The van der Waals surface area contributed by atoms with Crippen LogP contribution in [0.3, 0.4) is 0 Å². The first-order valence-electron chi connectivity index (χ1n) is 1.46. The van der Waals surface area contributed by atoms with Gasteiger partial charge in [0.15, 0.2) is 4.83 Å². The number of thioether (sulfide) groups is 1. The van der Waals surface area contributed by atoms with Crippen molar-refractivity contribution in [3.05, 3.63) is 5.41 Å². The standard InChI is InChI=1S/C3H2ClNS/c4-3-5-1-2-6-3/h2-3H. The second-order valence-corrected chi connectivity index (χ2v) is 2.43. The third-order valence-electron chi connectivity index (χ3n) is 0.409. The average Bonchev–Trinajstić information content (AvgIpc) is 1.86. The van der Waals surface area contributed by atoms with Gasteiger partial charge in [0, 0.05) is 5.41 Å². The molecule has 0 aromatic carbocycles. The number of halogens is 1. The molecule has 1 rings (SSSR count). The maximum atomic E-state index is 5.41. The summed E-state index contributed by atoms with van der Waals surface area (Å²) in [5, 5.41) is 1.75. The SMILES string of the molecule is ClC1N=C=CS1. The van der Waals surface area contributed by atoms with Gasteiger partial charge in [-0.25, -0.2) is 4.99 Å². The Hall–Kier alpha value is 0.0900. The van der Waals surface area contributed by atoms with E-state index in [1.54, 1.807) is 5.41 Å². The minimum Gasteiger partial charge on any atom is -0.212 e. The van der Waals surface area contributed by atoms with Crippen molar-refractivity contribution >= 4 is 29.2 Å². The molecule has 1 heterocycles. The van der Waals surface area contributed by atoms with Gasteiger partial charge in [-0.2, -0.15) is 0 Å². The van der Waals surface area contributed by atoms with E-state index in [1.807, 2.05) is 0 Å². The van der Waals surface area contributed by atoms with Crippen molar-refractivity contribution in [3.8, 4) is 0 Å². The van der Waals surface area contributed by atoms with Crippen LogP contribution in [0, 0.1) is 0 Å². The summed E-state index contributed by atoms with van der Waals surface area (Å²) >= 11 is 6.87. The number of nitrogens with zero attached hydrogens (tertiary/aromatic N) is 1. The van der Waals surface area contributed by atoms with Crippen LogP contribution >= 0.6 is 23.4 Å². The molecular formula is C3H2ClNS. The molecule has 1 aliphatic rings. The molecule has 1 nitrogen and oxygen atoms in total. The number of hydrogen-bond donors (Lipinski definition) is 0. The average molecular weight is 120 g/mol. The summed E-state index contributed by atoms with van der Waals surface area (Å²) < 4.78 is 0. The molecule has 0 N–H and O–H groups in total. The highest BCUT2D eigenvalue weighted by atomic mass is 35.5. The lowest BCUT2D eigenvalue weighted by atomic mass is 11.1. The van der Waals surface area contributed by atoms with Crippen molar-refractivity contribution in [3.63, 3.8) is 0 Å². The highest BCUT2D eigenvalue weighted by Gasteiger charge is 1.99. The van der Waals surface area contributed by atoms with E-state index < -0.39 is 0 Å². The second-order valence-electron chi connectivity index (χ2n) is 0.804. The molecule has 32 valence electrons. The minimum absolute atomic E-state index is 0.106. The lowest BCUT2D eigenvalue weighted by Crippen LogP contribution is -1.72. The first-order chi connectivity index (χ1) is 2.89. The normalized spacial score (nSPS) is 29.2. The summed E-state index contributed by atoms with van der Waals surface area (Å²) in [6, 6.07) is 0. The Morgan fingerprint density at radius 1 is 2.00 bits per heavy atom. The van der Waals surface area contributed by atoms with Crippen LogP contribution in [0.25, 0.3) is 0 Å². The Balaban J connectivity index is 2.55. The number of alkyl halides is 1. The maximum absolute atomic E-state index is 5.41. The Morgan fingerprint density at radius 2 is 2.83 bits per heavy atom. The van der Waals surface area contributed by atoms with Crippen LogP contribution in [0.5, 0.6) is 0 Å². The summed E-state index contributed by atoms with van der Waals surface area (Å²) in [5.74, 6) is 2.60. The lowest BCUT2D eigenvalue weighted by Gasteiger charge is -1.84. The summed E-state index contributed by atoms with van der Waals surface area (Å²) in [4.78, 5) is 3.55. The van der Waals surface area contributed by atoms with Crippen molar-refractivity contribution in [1.29, 1.82) is 0 Å². The van der Waals surface area contributed by atoms with E-state index in [-0.39, 0.29) is 4.83 Å². The minimum atomic E-state index is -0.106. The number of rotatable bonds is 0. The van der Waals surface area contributed by atoms with Crippen molar-refractivity contribution in [2.24, 2.45) is 4.99 Å². The molecule has 0 fully saturated rings. The van der Waals surface area contributed by atoms with Gasteiger partial charge in [0.1, 0.15) is 0 Å². The Kier molecular flexibility index (Phi) is 1.20. The molecule has 0 radical (unpaired) electrons. The summed E-state index contributed by atoms with van der Waals surface area (Å²) in [6.45, 7) is 0. The summed E-state index contributed by atoms with van der Waals surface area (Å²) in [5.41, 5.74) is 0. The van der Waals surface area contributed by atoms with Gasteiger partial charge in [-0.05, 0) is 5.87 Å². The highest BCUT2D eigenvalue weighted by molar-refractivity contribution is 8.04. The highest BCUT2D eigenvalue weighted by Crippen LogP contribution is 2.18. The largest absolute Gasteiger partial charge is 0.212 e. The molecule has 0 amide bonds. The molecule has 0 aromatic rings. The van der Waals surface area contributed by atoms with Gasteiger partial charge in [-0.1, -0.05) is 23.4 Å². The van der Waals surface area contributed by atoms with Gasteiger partial charge in [0.2, 0.25) is 0 Å². The van der Waals surface area contributed by atoms with Gasteiger partial charge in [-0.15, -0.1) is 0 Å². The first kappa shape index (κ1) is 4.25. The molecule has 1 unspecified atom stereocenters. The van der Waals surface area contributed by atoms with Crippen LogP contribution in [-0.2, 0) is 0 Å². The molecule has 6 heavy (non-hydrogen) atoms. The van der Waals surface area contributed by atoms with Gasteiger partial charge in [-0.3, -0.25) is 0 Å². The first-order valence-corrected chi connectivity index (χ1v) is 2.84. The van der Waals surface area contributed by atoms with Crippen LogP contribution in [-0.4, -0.2) is 10.7 Å². The number of aliphatic imine (C=N–C) groups is 1. The molecule has 0 saturated heterocycles. The lowest BCUT2D eigenvalue weighted by molar-refractivity contribution is 1.32. The van der Waals surface area contributed by atoms with E-state index in [0.717, 1.165) is 0 Å². The van der Waals surface area contributed by atoms with Crippen LogP contribution < -0.4 is 0 Å². The van der Waals surface area contributed by atoms with E-state index in [1.165, 1.54) is 11.8 Å². The predicted octanol–water partition coefficient (Wildman–Crippen LogP) is 1.44. The molecule has 0 bridgehead atoms. The third-order valence-corrected chi connectivity index (χ3v) is 1.39. The van der Waals surface area contributed by atoms with Crippen LogP contribution in [0.4, 0.5) is 0 Å². The van der Waals surface area contributed by atoms with Crippen LogP contribution in [0.1, 0.15) is 0 Å². The van der Waals surface area contributed by atoms with Crippen molar-refractivity contribution in [2.45, 2.75) is 4.83 Å². The molecule has 3 heteroatoms. The smallest absolute Gasteiger partial charge is 0.182 e. The molecule has 0 aliphatic carbocycles. The summed E-state index contributed by atoms with van der Waals surface area (Å²) in [7, 11) is 0. The van der Waals surface area contributed by atoms with Crippen molar-refractivity contribution in [2.75, 3.05) is 0 Å². The molecule has 1 aliphatic heterocycles. The fraction of sp³-hybridized carbons (Fsp3) is 0.333. The van der Waals surface area contributed by atoms with E-state index in [9.17, 15) is 0 Å². The Morgan fingerprint density at radius 3 is 3.00 bits per heavy atom. The topological polar surface area (TPSA) is 12.4 Å². The van der Waals surface area contributed by atoms with Gasteiger partial charge in [0.05, 0.1) is 0 Å². The van der Waals surface area contributed by atoms with Crippen molar-refractivity contribution < 1.29 is 0 Å². The van der Waals surface area contributed by atoms with E-state index in [0.29, 0.717) is 0 Å². The molecule has 1 atom stereocenters. The summed E-state index contributed by atoms with van der Waals surface area (Å²) in [6.07, 6.45) is 0. The maximum Gasteiger partial charge on any atom is 0.182 e. The Bertz CT molecular complexity index is 105. The van der Waals surface area contributed by atoms with Crippen LogP contribution in [0.2, 0.25) is 0 Å². The molecule has 0 spiro atoms. The molecule has 0 saturated carbocycles. The van der Waals surface area contributed by atoms with Crippen LogP contribution in [0.15, 0.2) is 10.4 Å². The zero-order valence-electron chi connectivity index (χ0n) is 2.89. The van der Waals surface area contributed by atoms with Crippen molar-refractivity contribution in [1.82, 2.24) is 0 Å². The van der Waals surface area contributed by atoms with E-state index in [4.69, 9.17) is 11.6 Å². The van der Waals surface area contributed by atoms with Gasteiger partial charge < -0.3 is 0 Å². The predicted molar refractivity (Wildman–Crippen MR) is 29.2 cm³/mol. The third kappa shape index (κ3) is 0.777.